The average Bonchev–Trinajstić information content (AvgIpc) is 3.14. The van der Waals surface area contributed by atoms with Gasteiger partial charge in [-0.3, -0.25) is 10.1 Å². The Morgan fingerprint density at radius 1 is 1.25 bits per heavy atom. The maximum absolute atomic E-state index is 8.69. The first kappa shape index (κ1) is 18.1. The molecule has 1 saturated heterocycles. The van der Waals surface area contributed by atoms with E-state index in [1.165, 1.54) is 6.33 Å². The van der Waals surface area contributed by atoms with Gasteiger partial charge in [-0.05, 0) is 24.6 Å². The quantitative estimate of drug-likeness (QED) is 0.533. The van der Waals surface area contributed by atoms with Crippen LogP contribution in [0.25, 0.3) is 11.1 Å². The minimum atomic E-state index is 0.151. The summed E-state index contributed by atoms with van der Waals surface area (Å²) in [6.07, 6.45) is 5.38. The fourth-order valence-electron chi connectivity index (χ4n) is 3.34. The summed E-state index contributed by atoms with van der Waals surface area (Å²) in [6.45, 7) is 4.24. The summed E-state index contributed by atoms with van der Waals surface area (Å²) in [5.41, 5.74) is 10.1. The number of nitrogens with two attached hydrogens (primary N) is 1. The molecule has 0 bridgehead atoms. The number of nitrogen functional groups attached to an aromatic ring is 1. The number of aryl methyl sites for hydroxylation is 1. The lowest BCUT2D eigenvalue weighted by molar-refractivity contribution is 0.0529. The molecule has 0 spiro atoms. The van der Waals surface area contributed by atoms with Gasteiger partial charge < -0.3 is 15.4 Å². The molecule has 0 aliphatic carbocycles. The van der Waals surface area contributed by atoms with Crippen LogP contribution in [0.3, 0.4) is 0 Å². The van der Waals surface area contributed by atoms with E-state index >= 15 is 0 Å². The molecule has 0 unspecified atom stereocenters. The molecule has 4 rings (SSSR count). The predicted molar refractivity (Wildman–Crippen MR) is 109 cm³/mol. The number of hydrogen-bond donors (Lipinski definition) is 2. The van der Waals surface area contributed by atoms with E-state index in [0.29, 0.717) is 23.6 Å². The Bertz CT molecular complexity index is 1010. The molecule has 0 radical (unpaired) electrons. The van der Waals surface area contributed by atoms with Crippen LogP contribution >= 0.6 is 0 Å². The standard InChI is InChI=1S/C20H23N7O/c1-13-10-27(5-6-28-13)19-8-18(23-12-24-19)20(22)16-7-14(3-4-17(16)21)15-9-25-26(2)11-15/h3-4,7-9,11-13,22H,5-6,10,21H2,1-2H3/t13-/m1/s1. The monoisotopic (exact) mass is 377 g/mol. The summed E-state index contributed by atoms with van der Waals surface area (Å²) in [7, 11) is 1.87. The van der Waals surface area contributed by atoms with Crippen LogP contribution in [0.5, 0.6) is 0 Å². The van der Waals surface area contributed by atoms with Gasteiger partial charge in [0.25, 0.3) is 0 Å². The summed E-state index contributed by atoms with van der Waals surface area (Å²) in [5.74, 6) is 0.798. The molecule has 1 aliphatic heterocycles. The molecule has 3 heterocycles. The van der Waals surface area contributed by atoms with Gasteiger partial charge in [0.15, 0.2) is 0 Å². The first-order valence-corrected chi connectivity index (χ1v) is 9.17. The molecule has 144 valence electrons. The van der Waals surface area contributed by atoms with Crippen LogP contribution in [0.4, 0.5) is 11.5 Å². The third kappa shape index (κ3) is 3.59. The van der Waals surface area contributed by atoms with E-state index in [0.717, 1.165) is 30.0 Å². The van der Waals surface area contributed by atoms with Crippen LogP contribution in [0.2, 0.25) is 0 Å². The normalized spacial score (nSPS) is 16.9. The molecule has 3 N–H and O–H groups in total. The van der Waals surface area contributed by atoms with Crippen molar-refractivity contribution in [3.8, 4) is 11.1 Å². The molecular formula is C20H23N7O. The Balaban J connectivity index is 1.65. The summed E-state index contributed by atoms with van der Waals surface area (Å²) in [5, 5.41) is 12.9. The minimum absolute atomic E-state index is 0.151. The van der Waals surface area contributed by atoms with Crippen molar-refractivity contribution in [2.45, 2.75) is 13.0 Å². The van der Waals surface area contributed by atoms with E-state index in [9.17, 15) is 0 Å². The van der Waals surface area contributed by atoms with E-state index in [-0.39, 0.29) is 11.8 Å². The van der Waals surface area contributed by atoms with Crippen LogP contribution in [-0.4, -0.2) is 51.3 Å². The number of hydrogen-bond acceptors (Lipinski definition) is 7. The molecule has 8 heteroatoms. The predicted octanol–water partition coefficient (Wildman–Crippen LogP) is 2.10. The minimum Gasteiger partial charge on any atom is -0.398 e. The zero-order valence-corrected chi connectivity index (χ0v) is 16.0. The van der Waals surface area contributed by atoms with Crippen LogP contribution < -0.4 is 10.6 Å². The van der Waals surface area contributed by atoms with Crippen LogP contribution in [0, 0.1) is 5.41 Å². The molecule has 2 aromatic heterocycles. The fraction of sp³-hybridized carbons (Fsp3) is 0.300. The van der Waals surface area contributed by atoms with Crippen LogP contribution in [0.1, 0.15) is 18.2 Å². The first-order valence-electron chi connectivity index (χ1n) is 9.17. The van der Waals surface area contributed by atoms with Gasteiger partial charge in [0.1, 0.15) is 12.1 Å². The molecule has 1 fully saturated rings. The third-order valence-corrected chi connectivity index (χ3v) is 4.83. The van der Waals surface area contributed by atoms with Crippen molar-refractivity contribution < 1.29 is 4.74 Å². The average molecular weight is 377 g/mol. The molecule has 8 nitrogen and oxygen atoms in total. The van der Waals surface area contributed by atoms with E-state index in [1.807, 2.05) is 44.4 Å². The van der Waals surface area contributed by atoms with Crippen molar-refractivity contribution >= 4 is 17.2 Å². The largest absolute Gasteiger partial charge is 0.398 e. The van der Waals surface area contributed by atoms with Crippen LogP contribution in [-0.2, 0) is 11.8 Å². The number of nitrogens with one attached hydrogen (secondary N) is 1. The van der Waals surface area contributed by atoms with Crippen molar-refractivity contribution in [2.75, 3.05) is 30.3 Å². The molecule has 0 amide bonds. The summed E-state index contributed by atoms with van der Waals surface area (Å²) >= 11 is 0. The van der Waals surface area contributed by atoms with Crippen molar-refractivity contribution in [3.05, 3.63) is 54.2 Å². The Labute approximate surface area is 163 Å². The van der Waals surface area contributed by atoms with Gasteiger partial charge in [0.2, 0.25) is 0 Å². The molecule has 1 aromatic carbocycles. The highest BCUT2D eigenvalue weighted by molar-refractivity contribution is 6.13. The Hall–Kier alpha value is -3.26. The van der Waals surface area contributed by atoms with E-state index in [1.54, 1.807) is 10.9 Å². The number of benzene rings is 1. The summed E-state index contributed by atoms with van der Waals surface area (Å²) < 4.78 is 7.35. The highest BCUT2D eigenvalue weighted by Crippen LogP contribution is 2.25. The highest BCUT2D eigenvalue weighted by atomic mass is 16.5. The van der Waals surface area contributed by atoms with Gasteiger partial charge in [0, 0.05) is 49.2 Å². The highest BCUT2D eigenvalue weighted by Gasteiger charge is 2.20. The molecule has 0 saturated carbocycles. The number of morpholine rings is 1. The number of rotatable bonds is 4. The van der Waals surface area contributed by atoms with Crippen molar-refractivity contribution in [3.63, 3.8) is 0 Å². The molecular weight excluding hydrogens is 354 g/mol. The zero-order chi connectivity index (χ0) is 19.7. The molecule has 28 heavy (non-hydrogen) atoms. The van der Waals surface area contributed by atoms with Crippen molar-refractivity contribution in [1.29, 1.82) is 5.41 Å². The second kappa shape index (κ2) is 7.40. The van der Waals surface area contributed by atoms with E-state index in [2.05, 4.69) is 20.0 Å². The lowest BCUT2D eigenvalue weighted by atomic mass is 9.99. The van der Waals surface area contributed by atoms with Crippen molar-refractivity contribution in [1.82, 2.24) is 19.7 Å². The third-order valence-electron chi connectivity index (χ3n) is 4.83. The SMILES string of the molecule is C[C@@H]1CN(c2cc(C(=N)c3cc(-c4cnn(C)c4)ccc3N)ncn2)CCO1. The second-order valence-corrected chi connectivity index (χ2v) is 6.97. The topological polar surface area (TPSA) is 106 Å². The van der Waals surface area contributed by atoms with Gasteiger partial charge in [-0.25, -0.2) is 9.97 Å². The molecule has 3 aromatic rings. The Kier molecular flexibility index (Phi) is 4.79. The lowest BCUT2D eigenvalue weighted by Gasteiger charge is -2.32. The van der Waals surface area contributed by atoms with Gasteiger partial charge in [-0.1, -0.05) is 6.07 Å². The van der Waals surface area contributed by atoms with Gasteiger partial charge in [0.05, 0.1) is 30.3 Å². The van der Waals surface area contributed by atoms with Gasteiger partial charge in [-0.2, -0.15) is 5.10 Å². The maximum atomic E-state index is 8.69. The molecule has 1 aliphatic rings. The second-order valence-electron chi connectivity index (χ2n) is 6.97. The Morgan fingerprint density at radius 3 is 2.86 bits per heavy atom. The number of aromatic nitrogens is 4. The van der Waals surface area contributed by atoms with Crippen molar-refractivity contribution in [2.24, 2.45) is 7.05 Å². The number of nitrogens with zero attached hydrogens (tertiary/aromatic N) is 5. The van der Waals surface area contributed by atoms with E-state index < -0.39 is 0 Å². The summed E-state index contributed by atoms with van der Waals surface area (Å²) in [6, 6.07) is 7.51. The van der Waals surface area contributed by atoms with Crippen LogP contribution in [0.15, 0.2) is 43.0 Å². The summed E-state index contributed by atoms with van der Waals surface area (Å²) in [4.78, 5) is 10.9. The van der Waals surface area contributed by atoms with Gasteiger partial charge in [-0.15, -0.1) is 0 Å². The zero-order valence-electron chi connectivity index (χ0n) is 16.0. The number of anilines is 2. The van der Waals surface area contributed by atoms with Gasteiger partial charge >= 0.3 is 0 Å². The van der Waals surface area contributed by atoms with E-state index in [4.69, 9.17) is 15.9 Å². The fourth-order valence-corrected chi connectivity index (χ4v) is 3.34. The molecule has 1 atom stereocenters. The number of ether oxygens (including phenoxy) is 1. The lowest BCUT2D eigenvalue weighted by Crippen LogP contribution is -2.41. The first-order chi connectivity index (χ1) is 13.5. The maximum Gasteiger partial charge on any atom is 0.132 e. The Morgan fingerprint density at radius 2 is 2.11 bits per heavy atom. The smallest absolute Gasteiger partial charge is 0.132 e.